The van der Waals surface area contributed by atoms with E-state index in [0.29, 0.717) is 12.5 Å². The standard InChI is InChI=1S/C20H31N3O2S.ClH/c1-26-18-8-6-17(7-9-18)25-13-12-23-11-3-4-16(15-23)14-22-20(24)19-5-2-10-21-19;/h6-9,16,19,21H,2-5,10-15H2,1H3,(H,22,24);1H. The van der Waals surface area contributed by atoms with Gasteiger partial charge in [-0.05, 0) is 75.2 Å². The van der Waals surface area contributed by atoms with Gasteiger partial charge in [0.15, 0.2) is 0 Å². The Morgan fingerprint density at radius 1 is 1.30 bits per heavy atom. The fourth-order valence-electron chi connectivity index (χ4n) is 3.76. The average Bonchev–Trinajstić information content (AvgIpc) is 3.22. The van der Waals surface area contributed by atoms with Gasteiger partial charge in [0, 0.05) is 24.5 Å². The maximum atomic E-state index is 12.1. The predicted molar refractivity (Wildman–Crippen MR) is 114 cm³/mol. The molecular weight excluding hydrogens is 382 g/mol. The summed E-state index contributed by atoms with van der Waals surface area (Å²) in [5, 5.41) is 6.41. The third-order valence-corrected chi connectivity index (χ3v) is 6.02. The lowest BCUT2D eigenvalue weighted by Crippen LogP contribution is -2.46. The Hall–Kier alpha value is -0.950. The van der Waals surface area contributed by atoms with E-state index in [2.05, 4.69) is 33.9 Å². The third-order valence-electron chi connectivity index (χ3n) is 5.28. The molecule has 1 aromatic carbocycles. The molecule has 0 spiro atoms. The van der Waals surface area contributed by atoms with Gasteiger partial charge in [-0.25, -0.2) is 0 Å². The highest BCUT2D eigenvalue weighted by atomic mass is 35.5. The number of ether oxygens (including phenoxy) is 1. The first kappa shape index (κ1) is 22.3. The number of amides is 1. The number of nitrogens with zero attached hydrogens (tertiary/aromatic N) is 1. The fourth-order valence-corrected chi connectivity index (χ4v) is 4.17. The molecule has 7 heteroatoms. The van der Waals surface area contributed by atoms with Gasteiger partial charge in [-0.3, -0.25) is 9.69 Å². The zero-order chi connectivity index (χ0) is 18.2. The van der Waals surface area contributed by atoms with Gasteiger partial charge in [-0.1, -0.05) is 0 Å². The largest absolute Gasteiger partial charge is 0.492 e. The second kappa shape index (κ2) is 11.8. The Balaban J connectivity index is 0.00000261. The number of rotatable bonds is 8. The number of likely N-dealkylation sites (tertiary alicyclic amines) is 1. The number of thioether (sulfide) groups is 1. The number of halogens is 1. The van der Waals surface area contributed by atoms with Crippen molar-refractivity contribution >= 4 is 30.1 Å². The van der Waals surface area contributed by atoms with E-state index in [1.54, 1.807) is 11.8 Å². The lowest BCUT2D eigenvalue weighted by molar-refractivity contribution is -0.123. The lowest BCUT2D eigenvalue weighted by Gasteiger charge is -2.32. The van der Waals surface area contributed by atoms with Crippen molar-refractivity contribution in [2.24, 2.45) is 5.92 Å². The molecule has 2 saturated heterocycles. The molecule has 27 heavy (non-hydrogen) atoms. The van der Waals surface area contributed by atoms with Crippen LogP contribution in [0.15, 0.2) is 29.2 Å². The summed E-state index contributed by atoms with van der Waals surface area (Å²) in [5.41, 5.74) is 0. The molecule has 1 amide bonds. The summed E-state index contributed by atoms with van der Waals surface area (Å²) >= 11 is 1.74. The minimum absolute atomic E-state index is 0. The molecule has 0 aromatic heterocycles. The summed E-state index contributed by atoms with van der Waals surface area (Å²) < 4.78 is 5.88. The van der Waals surface area contributed by atoms with Crippen LogP contribution in [0.25, 0.3) is 0 Å². The Labute approximate surface area is 173 Å². The minimum Gasteiger partial charge on any atom is -0.492 e. The van der Waals surface area contributed by atoms with Crippen LogP contribution < -0.4 is 15.4 Å². The number of nitrogens with one attached hydrogen (secondary N) is 2. The van der Waals surface area contributed by atoms with Crippen LogP contribution in [0.5, 0.6) is 5.75 Å². The van der Waals surface area contributed by atoms with E-state index in [1.807, 2.05) is 12.1 Å². The van der Waals surface area contributed by atoms with Crippen LogP contribution in [-0.4, -0.2) is 62.4 Å². The second-order valence-electron chi connectivity index (χ2n) is 7.23. The van der Waals surface area contributed by atoms with Crippen LogP contribution in [0, 0.1) is 5.92 Å². The molecule has 2 aliphatic heterocycles. The highest BCUT2D eigenvalue weighted by Gasteiger charge is 2.24. The topological polar surface area (TPSA) is 53.6 Å². The van der Waals surface area contributed by atoms with Gasteiger partial charge in [-0.2, -0.15) is 0 Å². The maximum Gasteiger partial charge on any atom is 0.237 e. The number of piperidine rings is 1. The van der Waals surface area contributed by atoms with Gasteiger partial charge in [0.2, 0.25) is 5.91 Å². The molecule has 2 unspecified atom stereocenters. The molecule has 0 saturated carbocycles. The van der Waals surface area contributed by atoms with Crippen molar-refractivity contribution < 1.29 is 9.53 Å². The highest BCUT2D eigenvalue weighted by Crippen LogP contribution is 2.19. The van der Waals surface area contributed by atoms with E-state index in [-0.39, 0.29) is 24.4 Å². The fraction of sp³-hybridized carbons (Fsp3) is 0.650. The third kappa shape index (κ3) is 7.18. The summed E-state index contributed by atoms with van der Waals surface area (Å²) in [6.07, 6.45) is 6.55. The van der Waals surface area contributed by atoms with Crippen LogP contribution in [0.1, 0.15) is 25.7 Å². The first-order valence-corrected chi connectivity index (χ1v) is 11.0. The van der Waals surface area contributed by atoms with E-state index in [0.717, 1.165) is 51.3 Å². The smallest absolute Gasteiger partial charge is 0.237 e. The zero-order valence-electron chi connectivity index (χ0n) is 16.1. The van der Waals surface area contributed by atoms with Crippen molar-refractivity contribution in [3.8, 4) is 5.75 Å². The summed E-state index contributed by atoms with van der Waals surface area (Å²) in [4.78, 5) is 15.9. The van der Waals surface area contributed by atoms with Gasteiger partial charge < -0.3 is 15.4 Å². The molecule has 152 valence electrons. The van der Waals surface area contributed by atoms with Crippen LogP contribution in [0.3, 0.4) is 0 Å². The van der Waals surface area contributed by atoms with E-state index >= 15 is 0 Å². The average molecular weight is 414 g/mol. The van der Waals surface area contributed by atoms with Gasteiger partial charge in [0.1, 0.15) is 12.4 Å². The van der Waals surface area contributed by atoms with Crippen molar-refractivity contribution in [2.45, 2.75) is 36.6 Å². The van der Waals surface area contributed by atoms with Crippen molar-refractivity contribution in [3.63, 3.8) is 0 Å². The highest BCUT2D eigenvalue weighted by molar-refractivity contribution is 7.98. The number of benzene rings is 1. The predicted octanol–water partition coefficient (Wildman–Crippen LogP) is 2.79. The van der Waals surface area contributed by atoms with E-state index in [1.165, 1.54) is 17.7 Å². The van der Waals surface area contributed by atoms with Gasteiger partial charge in [-0.15, -0.1) is 24.2 Å². The molecular formula is C20H32ClN3O2S. The molecule has 2 N–H and O–H groups in total. The molecule has 0 bridgehead atoms. The Morgan fingerprint density at radius 2 is 2.11 bits per heavy atom. The second-order valence-corrected chi connectivity index (χ2v) is 8.11. The first-order chi connectivity index (χ1) is 12.7. The summed E-state index contributed by atoms with van der Waals surface area (Å²) in [6.45, 7) is 5.60. The van der Waals surface area contributed by atoms with E-state index in [9.17, 15) is 4.79 Å². The number of hydrogen-bond donors (Lipinski definition) is 2. The monoisotopic (exact) mass is 413 g/mol. The van der Waals surface area contributed by atoms with E-state index < -0.39 is 0 Å². The van der Waals surface area contributed by atoms with E-state index in [4.69, 9.17) is 4.74 Å². The first-order valence-electron chi connectivity index (χ1n) is 9.75. The van der Waals surface area contributed by atoms with Crippen molar-refractivity contribution in [1.82, 2.24) is 15.5 Å². The summed E-state index contributed by atoms with van der Waals surface area (Å²) in [7, 11) is 0. The Bertz CT molecular complexity index is 567. The SMILES string of the molecule is CSc1ccc(OCCN2CCCC(CNC(=O)C3CCCN3)C2)cc1.Cl. The molecule has 0 aliphatic carbocycles. The van der Waals surface area contributed by atoms with Crippen molar-refractivity contribution in [3.05, 3.63) is 24.3 Å². The van der Waals surface area contributed by atoms with Gasteiger partial charge in [0.05, 0.1) is 6.04 Å². The molecule has 1 aromatic rings. The molecule has 3 rings (SSSR count). The van der Waals surface area contributed by atoms with Crippen LogP contribution in [0.2, 0.25) is 0 Å². The Kier molecular flexibility index (Phi) is 9.76. The van der Waals surface area contributed by atoms with Gasteiger partial charge >= 0.3 is 0 Å². The molecule has 2 fully saturated rings. The van der Waals surface area contributed by atoms with Crippen molar-refractivity contribution in [2.75, 3.05) is 45.6 Å². The van der Waals surface area contributed by atoms with Gasteiger partial charge in [0.25, 0.3) is 0 Å². The van der Waals surface area contributed by atoms with Crippen LogP contribution in [0.4, 0.5) is 0 Å². The number of hydrogen-bond acceptors (Lipinski definition) is 5. The zero-order valence-corrected chi connectivity index (χ0v) is 17.7. The summed E-state index contributed by atoms with van der Waals surface area (Å²) in [5.74, 6) is 1.67. The molecule has 0 radical (unpaired) electrons. The molecule has 2 atom stereocenters. The quantitative estimate of drug-likeness (QED) is 0.642. The van der Waals surface area contributed by atoms with Crippen molar-refractivity contribution in [1.29, 1.82) is 0 Å². The normalized spacial score (nSPS) is 22.9. The molecule has 2 aliphatic rings. The minimum atomic E-state index is 0. The maximum absolute atomic E-state index is 12.1. The van der Waals surface area contributed by atoms with Crippen LogP contribution >= 0.6 is 24.2 Å². The van der Waals surface area contributed by atoms with Crippen LogP contribution in [-0.2, 0) is 4.79 Å². The number of carbonyl (C=O) groups is 1. The molecule has 5 nitrogen and oxygen atoms in total. The number of carbonyl (C=O) groups excluding carboxylic acids is 1. The summed E-state index contributed by atoms with van der Waals surface area (Å²) in [6, 6.07) is 8.30. The molecule has 2 heterocycles. The lowest BCUT2D eigenvalue weighted by atomic mass is 9.98. The Morgan fingerprint density at radius 3 is 2.81 bits per heavy atom.